The molecule has 3 N–H and O–H groups in total. The van der Waals surface area contributed by atoms with Crippen molar-refractivity contribution in [1.82, 2.24) is 15.3 Å². The number of anilines is 1. The number of aromatic nitrogens is 2. The van der Waals surface area contributed by atoms with Crippen molar-refractivity contribution in [2.24, 2.45) is 5.41 Å². The van der Waals surface area contributed by atoms with E-state index >= 15 is 0 Å². The topological polar surface area (TPSA) is 175 Å². The molecule has 12 nitrogen and oxygen atoms in total. The SMILES string of the molecule is COCCN(CCOC)c1nc(C(=O)N[C@@H](C(=O)O)C(Cc2ccccc2)(Cc2ccccc2)C(=O)O)c(Cl)nc1C#N. The highest BCUT2D eigenvalue weighted by atomic mass is 35.5. The van der Waals surface area contributed by atoms with Crippen molar-refractivity contribution in [3.05, 3.63) is 88.3 Å². The Morgan fingerprint density at radius 3 is 1.88 bits per heavy atom. The molecule has 43 heavy (non-hydrogen) atoms. The van der Waals surface area contributed by atoms with Gasteiger partial charge in [-0.05, 0) is 24.0 Å². The van der Waals surface area contributed by atoms with Gasteiger partial charge < -0.3 is 29.9 Å². The first-order valence-electron chi connectivity index (χ1n) is 13.2. The van der Waals surface area contributed by atoms with Gasteiger partial charge in [-0.25, -0.2) is 14.8 Å². The number of nitrogens with zero attached hydrogens (tertiary/aromatic N) is 4. The maximum Gasteiger partial charge on any atom is 0.327 e. The largest absolute Gasteiger partial charge is 0.481 e. The average molecular weight is 610 g/mol. The minimum Gasteiger partial charge on any atom is -0.481 e. The molecule has 0 aliphatic carbocycles. The summed E-state index contributed by atoms with van der Waals surface area (Å²) in [6.07, 6.45) is -0.426. The number of carboxylic acid groups (broad SMARTS) is 2. The van der Waals surface area contributed by atoms with Gasteiger partial charge >= 0.3 is 11.9 Å². The van der Waals surface area contributed by atoms with Crippen LogP contribution in [0.3, 0.4) is 0 Å². The fourth-order valence-corrected chi connectivity index (χ4v) is 4.88. The van der Waals surface area contributed by atoms with Crippen molar-refractivity contribution >= 4 is 35.3 Å². The van der Waals surface area contributed by atoms with Crippen LogP contribution in [0.15, 0.2) is 60.7 Å². The van der Waals surface area contributed by atoms with Crippen LogP contribution >= 0.6 is 11.6 Å². The molecule has 0 radical (unpaired) electrons. The van der Waals surface area contributed by atoms with Gasteiger partial charge in [0.2, 0.25) is 0 Å². The van der Waals surface area contributed by atoms with Crippen molar-refractivity contribution < 1.29 is 34.1 Å². The van der Waals surface area contributed by atoms with Gasteiger partial charge in [-0.1, -0.05) is 72.3 Å². The van der Waals surface area contributed by atoms with E-state index in [0.717, 1.165) is 0 Å². The predicted molar refractivity (Wildman–Crippen MR) is 157 cm³/mol. The third kappa shape index (κ3) is 8.26. The third-order valence-corrected chi connectivity index (χ3v) is 7.08. The summed E-state index contributed by atoms with van der Waals surface area (Å²) < 4.78 is 10.3. The highest BCUT2D eigenvalue weighted by Gasteiger charge is 2.51. The Labute approximate surface area is 253 Å². The first kappa shape index (κ1) is 32.9. The van der Waals surface area contributed by atoms with Crippen LogP contribution in [0.25, 0.3) is 0 Å². The molecule has 0 spiro atoms. The number of hydrogen-bond acceptors (Lipinski definition) is 9. The van der Waals surface area contributed by atoms with E-state index in [0.29, 0.717) is 11.1 Å². The zero-order valence-electron chi connectivity index (χ0n) is 23.7. The summed E-state index contributed by atoms with van der Waals surface area (Å²) in [5, 5.41) is 32.6. The maximum absolute atomic E-state index is 13.7. The number of hydrogen-bond donors (Lipinski definition) is 3. The van der Waals surface area contributed by atoms with Crippen LogP contribution in [-0.4, -0.2) is 84.6 Å². The summed E-state index contributed by atoms with van der Waals surface area (Å²) in [7, 11) is 3.00. The second-order valence-corrected chi connectivity index (χ2v) is 10.0. The molecule has 3 rings (SSSR count). The second-order valence-electron chi connectivity index (χ2n) is 9.65. The van der Waals surface area contributed by atoms with Gasteiger partial charge in [0.25, 0.3) is 5.91 Å². The predicted octanol–water partition coefficient (Wildman–Crippen LogP) is 2.84. The Balaban J connectivity index is 2.10. The molecule has 13 heteroatoms. The fourth-order valence-electron chi connectivity index (χ4n) is 4.67. The van der Waals surface area contributed by atoms with Crippen LogP contribution in [0.1, 0.15) is 27.3 Å². The van der Waals surface area contributed by atoms with Crippen LogP contribution in [0.4, 0.5) is 5.82 Å². The molecule has 0 bridgehead atoms. The Morgan fingerprint density at radius 1 is 0.953 bits per heavy atom. The summed E-state index contributed by atoms with van der Waals surface area (Å²) >= 11 is 6.27. The molecule has 1 atom stereocenters. The van der Waals surface area contributed by atoms with Crippen LogP contribution in [0, 0.1) is 16.7 Å². The lowest BCUT2D eigenvalue weighted by atomic mass is 9.70. The van der Waals surface area contributed by atoms with Gasteiger partial charge in [-0.15, -0.1) is 0 Å². The molecule has 1 amide bonds. The fraction of sp³-hybridized carbons (Fsp3) is 0.333. The third-order valence-electron chi connectivity index (χ3n) is 6.81. The molecular weight excluding hydrogens is 578 g/mol. The molecule has 0 saturated heterocycles. The number of nitriles is 1. The Morgan fingerprint density at radius 2 is 1.47 bits per heavy atom. The van der Waals surface area contributed by atoms with E-state index in [4.69, 9.17) is 21.1 Å². The second kappa shape index (κ2) is 15.6. The van der Waals surface area contributed by atoms with Crippen molar-refractivity contribution in [3.8, 4) is 6.07 Å². The minimum atomic E-state index is -2.03. The summed E-state index contributed by atoms with van der Waals surface area (Å²) in [5.74, 6) is -4.05. The van der Waals surface area contributed by atoms with Gasteiger partial charge in [-0.3, -0.25) is 9.59 Å². The number of ether oxygens (including phenoxy) is 2. The minimum absolute atomic E-state index is 0.0103. The zero-order valence-corrected chi connectivity index (χ0v) is 24.5. The van der Waals surface area contributed by atoms with Gasteiger partial charge in [0.1, 0.15) is 17.5 Å². The van der Waals surface area contributed by atoms with E-state index < -0.39 is 40.1 Å². The molecule has 1 aromatic heterocycles. The van der Waals surface area contributed by atoms with E-state index in [1.54, 1.807) is 65.6 Å². The normalized spacial score (nSPS) is 11.8. The standard InChI is InChI=1S/C30H32ClN5O7/c1-42-15-13-36(14-16-43-2)26-22(19-32)33-25(31)23(34-26)27(37)35-24(28(38)39)30(29(40)41,17-20-9-5-3-6-10-20)18-21-11-7-4-8-12-21/h3-12,24H,13-18H2,1-2H3,(H,35,37)(H,38,39)(H,40,41)/t24-/m0/s1. The summed E-state index contributed by atoms with van der Waals surface area (Å²) in [5.41, 5.74) is -1.54. The molecule has 0 aliphatic rings. The van der Waals surface area contributed by atoms with Gasteiger partial charge in [0.15, 0.2) is 22.4 Å². The number of carbonyl (C=O) groups is 3. The average Bonchev–Trinajstić information content (AvgIpc) is 3.00. The molecule has 0 aliphatic heterocycles. The monoisotopic (exact) mass is 609 g/mol. The van der Waals surface area contributed by atoms with Crippen LogP contribution in [0.5, 0.6) is 0 Å². The first-order chi connectivity index (χ1) is 20.7. The highest BCUT2D eigenvalue weighted by Crippen LogP contribution is 2.34. The van der Waals surface area contributed by atoms with E-state index in [9.17, 15) is 29.9 Å². The molecule has 2 aromatic carbocycles. The van der Waals surface area contributed by atoms with Gasteiger partial charge in [0, 0.05) is 27.3 Å². The first-order valence-corrected chi connectivity index (χ1v) is 13.6. The lowest BCUT2D eigenvalue weighted by Gasteiger charge is -2.35. The number of methoxy groups -OCH3 is 2. The number of carboxylic acids is 2. The van der Waals surface area contributed by atoms with Crippen molar-refractivity contribution in [1.29, 1.82) is 5.26 Å². The van der Waals surface area contributed by atoms with Crippen LogP contribution in [0.2, 0.25) is 5.15 Å². The van der Waals surface area contributed by atoms with E-state index in [-0.39, 0.29) is 50.7 Å². The van der Waals surface area contributed by atoms with E-state index in [2.05, 4.69) is 15.3 Å². The molecule has 3 aromatic rings. The molecule has 0 unspecified atom stereocenters. The molecule has 1 heterocycles. The maximum atomic E-state index is 13.7. The zero-order chi connectivity index (χ0) is 31.4. The quantitative estimate of drug-likeness (QED) is 0.218. The molecule has 0 fully saturated rings. The lowest BCUT2D eigenvalue weighted by molar-refractivity contribution is -0.158. The Bertz CT molecular complexity index is 1400. The number of amides is 1. The van der Waals surface area contributed by atoms with Crippen molar-refractivity contribution in [3.63, 3.8) is 0 Å². The summed E-state index contributed by atoms with van der Waals surface area (Å²) in [6, 6.07) is 17.1. The molecule has 226 valence electrons. The van der Waals surface area contributed by atoms with E-state index in [1.165, 1.54) is 14.2 Å². The Hall–Kier alpha value is -4.57. The molecule has 0 saturated carbocycles. The molecular formula is C30H32ClN5O7. The van der Waals surface area contributed by atoms with Crippen LogP contribution in [-0.2, 0) is 31.9 Å². The number of rotatable bonds is 16. The Kier molecular flexibility index (Phi) is 11.9. The lowest BCUT2D eigenvalue weighted by Crippen LogP contribution is -2.58. The van der Waals surface area contributed by atoms with E-state index in [1.807, 2.05) is 6.07 Å². The number of benzene rings is 2. The highest BCUT2D eigenvalue weighted by molar-refractivity contribution is 6.32. The number of nitrogens with one attached hydrogen (secondary N) is 1. The van der Waals surface area contributed by atoms with Crippen LogP contribution < -0.4 is 10.2 Å². The summed E-state index contributed by atoms with van der Waals surface area (Å²) in [4.78, 5) is 49.4. The number of aliphatic carboxylic acids is 2. The number of carbonyl (C=O) groups excluding carboxylic acids is 1. The van der Waals surface area contributed by atoms with Crippen molar-refractivity contribution in [2.75, 3.05) is 45.4 Å². The van der Waals surface area contributed by atoms with Gasteiger partial charge in [0.05, 0.1) is 13.2 Å². The van der Waals surface area contributed by atoms with Gasteiger partial charge in [-0.2, -0.15) is 5.26 Å². The smallest absolute Gasteiger partial charge is 0.327 e. The summed E-state index contributed by atoms with van der Waals surface area (Å²) in [6.45, 7) is 1.03. The van der Waals surface area contributed by atoms with Crippen molar-refractivity contribution in [2.45, 2.75) is 18.9 Å². The number of halogens is 1.